The number of rotatable bonds is 3. The average Bonchev–Trinajstić information content (AvgIpc) is 3.05. The van der Waals surface area contributed by atoms with E-state index in [2.05, 4.69) is 4.74 Å². The van der Waals surface area contributed by atoms with E-state index in [0.717, 1.165) is 13.0 Å². The minimum absolute atomic E-state index is 0.0775. The number of carbonyl (C=O) groups excluding carboxylic acids is 1. The molecular formula is C15H15F3N2O3. The second-order valence-electron chi connectivity index (χ2n) is 6.25. The second kappa shape index (κ2) is 4.77. The fourth-order valence-electron chi connectivity index (χ4n) is 3.29. The van der Waals surface area contributed by atoms with Gasteiger partial charge in [0.2, 0.25) is 0 Å². The van der Waals surface area contributed by atoms with Crippen LogP contribution in [0.5, 0.6) is 5.75 Å². The fraction of sp³-hybridized carbons (Fsp3) is 0.533. The van der Waals surface area contributed by atoms with Gasteiger partial charge in [-0.05, 0) is 24.3 Å². The first-order valence-electron chi connectivity index (χ1n) is 7.37. The smallest absolute Gasteiger partial charge is 0.422 e. The van der Waals surface area contributed by atoms with E-state index in [1.54, 1.807) is 17.0 Å². The zero-order valence-electron chi connectivity index (χ0n) is 12.2. The van der Waals surface area contributed by atoms with Gasteiger partial charge in [0.15, 0.2) is 6.61 Å². The lowest BCUT2D eigenvalue weighted by Crippen LogP contribution is -2.34. The Hall–Kier alpha value is -1.96. The van der Waals surface area contributed by atoms with Crippen LogP contribution in [0.4, 0.5) is 23.7 Å². The Morgan fingerprint density at radius 3 is 2.57 bits per heavy atom. The Kier molecular flexibility index (Phi) is 3.03. The van der Waals surface area contributed by atoms with Crippen LogP contribution in [-0.4, -0.2) is 55.1 Å². The summed E-state index contributed by atoms with van der Waals surface area (Å²) in [5.74, 6) is 0.128. The highest BCUT2D eigenvalue weighted by Crippen LogP contribution is 2.44. The van der Waals surface area contributed by atoms with Crippen molar-refractivity contribution in [2.75, 3.05) is 31.2 Å². The third-order valence-corrected chi connectivity index (χ3v) is 4.48. The number of benzene rings is 1. The summed E-state index contributed by atoms with van der Waals surface area (Å²) in [7, 11) is 0. The van der Waals surface area contributed by atoms with Gasteiger partial charge in [-0.2, -0.15) is 13.2 Å². The SMILES string of the molecule is O=C1N(c2ccc(OCC(F)(F)F)cc2)C[C@@H]2C[C@]3(CO3)CN12. The van der Waals surface area contributed by atoms with Crippen LogP contribution >= 0.6 is 0 Å². The zero-order chi connectivity index (χ0) is 16.2. The maximum Gasteiger partial charge on any atom is 0.422 e. The van der Waals surface area contributed by atoms with E-state index in [1.807, 2.05) is 4.90 Å². The van der Waals surface area contributed by atoms with Crippen molar-refractivity contribution in [3.05, 3.63) is 24.3 Å². The molecule has 3 aliphatic heterocycles. The zero-order valence-corrected chi connectivity index (χ0v) is 12.2. The van der Waals surface area contributed by atoms with Gasteiger partial charge in [-0.15, -0.1) is 0 Å². The van der Waals surface area contributed by atoms with Crippen molar-refractivity contribution in [2.24, 2.45) is 0 Å². The van der Waals surface area contributed by atoms with E-state index in [4.69, 9.17) is 4.74 Å². The summed E-state index contributed by atoms with van der Waals surface area (Å²) in [6, 6.07) is 6.18. The molecular weight excluding hydrogens is 313 g/mol. The van der Waals surface area contributed by atoms with Gasteiger partial charge >= 0.3 is 12.2 Å². The molecule has 0 saturated carbocycles. The fourth-order valence-corrected chi connectivity index (χ4v) is 3.29. The van der Waals surface area contributed by atoms with Crippen LogP contribution in [0.2, 0.25) is 0 Å². The van der Waals surface area contributed by atoms with Gasteiger partial charge in [0.05, 0.1) is 19.2 Å². The number of hydrogen-bond donors (Lipinski definition) is 0. The molecule has 3 aliphatic rings. The molecule has 0 unspecified atom stereocenters. The molecule has 3 saturated heterocycles. The Balaban J connectivity index is 1.42. The van der Waals surface area contributed by atoms with E-state index in [-0.39, 0.29) is 23.4 Å². The maximum atomic E-state index is 12.5. The van der Waals surface area contributed by atoms with Crippen molar-refractivity contribution >= 4 is 11.7 Å². The number of nitrogens with zero attached hydrogens (tertiary/aromatic N) is 2. The summed E-state index contributed by atoms with van der Waals surface area (Å²) >= 11 is 0. The van der Waals surface area contributed by atoms with E-state index in [1.165, 1.54) is 12.1 Å². The summed E-state index contributed by atoms with van der Waals surface area (Å²) in [5.41, 5.74) is 0.552. The van der Waals surface area contributed by atoms with Crippen molar-refractivity contribution < 1.29 is 27.4 Å². The molecule has 0 aliphatic carbocycles. The number of epoxide rings is 1. The summed E-state index contributed by atoms with van der Waals surface area (Å²) in [4.78, 5) is 15.9. The van der Waals surface area contributed by atoms with Crippen LogP contribution in [0, 0.1) is 0 Å². The predicted molar refractivity (Wildman–Crippen MR) is 74.5 cm³/mol. The Morgan fingerprint density at radius 2 is 2.00 bits per heavy atom. The number of anilines is 1. The lowest BCUT2D eigenvalue weighted by atomic mass is 10.1. The van der Waals surface area contributed by atoms with Crippen LogP contribution in [0.3, 0.4) is 0 Å². The number of amides is 2. The van der Waals surface area contributed by atoms with Gasteiger partial charge < -0.3 is 14.4 Å². The van der Waals surface area contributed by atoms with E-state index in [9.17, 15) is 18.0 Å². The molecule has 1 aromatic rings. The minimum Gasteiger partial charge on any atom is -0.484 e. The predicted octanol–water partition coefficient (Wildman–Crippen LogP) is 2.41. The topological polar surface area (TPSA) is 45.3 Å². The number of halogens is 3. The highest BCUT2D eigenvalue weighted by atomic mass is 19.4. The Labute approximate surface area is 130 Å². The molecule has 5 nitrogen and oxygen atoms in total. The number of fused-ring (bicyclic) bond motifs is 1. The highest BCUT2D eigenvalue weighted by molar-refractivity contribution is 5.95. The summed E-state index contributed by atoms with van der Waals surface area (Å²) in [6.45, 7) is 0.595. The third kappa shape index (κ3) is 2.71. The molecule has 3 heterocycles. The molecule has 2 atom stereocenters. The van der Waals surface area contributed by atoms with Crippen molar-refractivity contribution in [1.29, 1.82) is 0 Å². The van der Waals surface area contributed by atoms with Gasteiger partial charge in [-0.3, -0.25) is 4.90 Å². The van der Waals surface area contributed by atoms with Crippen LogP contribution in [-0.2, 0) is 4.74 Å². The molecule has 0 N–H and O–H groups in total. The minimum atomic E-state index is -4.37. The van der Waals surface area contributed by atoms with E-state index < -0.39 is 12.8 Å². The average molecular weight is 328 g/mol. The van der Waals surface area contributed by atoms with Crippen LogP contribution < -0.4 is 9.64 Å². The van der Waals surface area contributed by atoms with Crippen molar-refractivity contribution in [1.82, 2.24) is 4.90 Å². The number of hydrogen-bond acceptors (Lipinski definition) is 3. The summed E-state index contributed by atoms with van der Waals surface area (Å²) in [5, 5.41) is 0. The standard InChI is InChI=1S/C15H15F3N2O3/c16-15(17,18)9-22-12-3-1-10(2-4-12)19-6-11-5-14(8-23-14)7-20(11)13(19)21/h1-4,11H,5-9H2/t11-,14+/m0/s1. The van der Waals surface area contributed by atoms with Crippen LogP contribution in [0.25, 0.3) is 0 Å². The van der Waals surface area contributed by atoms with Crippen molar-refractivity contribution in [3.8, 4) is 5.75 Å². The largest absolute Gasteiger partial charge is 0.484 e. The normalized spacial score (nSPS) is 29.3. The van der Waals surface area contributed by atoms with E-state index >= 15 is 0 Å². The number of alkyl halides is 3. The molecule has 3 fully saturated rings. The summed E-state index contributed by atoms with van der Waals surface area (Å²) in [6.07, 6.45) is -3.52. The quantitative estimate of drug-likeness (QED) is 0.801. The molecule has 1 spiro atoms. The first-order chi connectivity index (χ1) is 10.9. The monoisotopic (exact) mass is 328 g/mol. The first kappa shape index (κ1) is 14.6. The third-order valence-electron chi connectivity index (χ3n) is 4.48. The molecule has 23 heavy (non-hydrogen) atoms. The van der Waals surface area contributed by atoms with Crippen molar-refractivity contribution in [3.63, 3.8) is 0 Å². The van der Waals surface area contributed by atoms with Gasteiger partial charge in [0, 0.05) is 18.7 Å². The highest BCUT2D eigenvalue weighted by Gasteiger charge is 2.58. The number of urea groups is 1. The Bertz CT molecular complexity index is 628. The van der Waals surface area contributed by atoms with Crippen LogP contribution in [0.15, 0.2) is 24.3 Å². The second-order valence-corrected chi connectivity index (χ2v) is 6.25. The Morgan fingerprint density at radius 1 is 1.30 bits per heavy atom. The summed E-state index contributed by atoms with van der Waals surface area (Å²) < 4.78 is 46.5. The molecule has 0 aromatic heterocycles. The molecule has 4 rings (SSSR count). The molecule has 0 bridgehead atoms. The number of ether oxygens (including phenoxy) is 2. The van der Waals surface area contributed by atoms with Gasteiger partial charge in [0.25, 0.3) is 0 Å². The molecule has 2 amide bonds. The van der Waals surface area contributed by atoms with Gasteiger partial charge in [0.1, 0.15) is 11.4 Å². The van der Waals surface area contributed by atoms with Crippen molar-refractivity contribution in [2.45, 2.75) is 24.2 Å². The lowest BCUT2D eigenvalue weighted by molar-refractivity contribution is -0.153. The number of carbonyl (C=O) groups is 1. The van der Waals surface area contributed by atoms with E-state index in [0.29, 0.717) is 18.8 Å². The molecule has 1 aromatic carbocycles. The molecule has 124 valence electrons. The van der Waals surface area contributed by atoms with Gasteiger partial charge in [-0.25, -0.2) is 4.79 Å². The molecule has 0 radical (unpaired) electrons. The lowest BCUT2D eigenvalue weighted by Gasteiger charge is -2.18. The maximum absolute atomic E-state index is 12.5. The first-order valence-corrected chi connectivity index (χ1v) is 7.37. The van der Waals surface area contributed by atoms with Crippen LogP contribution in [0.1, 0.15) is 6.42 Å². The van der Waals surface area contributed by atoms with Gasteiger partial charge in [-0.1, -0.05) is 0 Å². The molecule has 8 heteroatoms.